The zero-order chi connectivity index (χ0) is 30.5. The van der Waals surface area contributed by atoms with E-state index in [-0.39, 0.29) is 29.6 Å². The molecule has 43 heavy (non-hydrogen) atoms. The van der Waals surface area contributed by atoms with Gasteiger partial charge >= 0.3 is 5.97 Å². The van der Waals surface area contributed by atoms with E-state index in [9.17, 15) is 14.7 Å². The molecular weight excluding hydrogens is 556 g/mol. The van der Waals surface area contributed by atoms with Gasteiger partial charge in [-0.05, 0) is 24.3 Å². The van der Waals surface area contributed by atoms with Crippen molar-refractivity contribution < 1.29 is 28.9 Å². The first kappa shape index (κ1) is 29.2. The molecule has 14 nitrogen and oxygen atoms in total. The first-order chi connectivity index (χ1) is 20.8. The number of nitrogens with two attached hydrogens (primary N) is 3. The first-order valence-electron chi connectivity index (χ1n) is 13.5. The molecule has 0 aliphatic carbocycles. The number of ether oxygens (including phenoxy) is 3. The molecule has 0 saturated carbocycles. The van der Waals surface area contributed by atoms with Crippen LogP contribution in [0.5, 0.6) is 11.5 Å². The van der Waals surface area contributed by atoms with Crippen molar-refractivity contribution in [1.82, 2.24) is 24.0 Å². The van der Waals surface area contributed by atoms with E-state index in [1.165, 1.54) is 19.2 Å². The highest BCUT2D eigenvalue weighted by Gasteiger charge is 2.18. The van der Waals surface area contributed by atoms with Crippen molar-refractivity contribution in [1.29, 1.82) is 0 Å². The minimum atomic E-state index is -1.09. The zero-order valence-corrected chi connectivity index (χ0v) is 23.6. The van der Waals surface area contributed by atoms with Crippen molar-refractivity contribution in [2.24, 2.45) is 5.73 Å². The molecule has 224 valence electrons. The minimum Gasteiger partial charge on any atom is -0.494 e. The number of carbonyl (C=O) groups is 2. The molecule has 5 rings (SSSR count). The molecule has 3 heterocycles. The van der Waals surface area contributed by atoms with Crippen LogP contribution in [-0.2, 0) is 17.8 Å². The van der Waals surface area contributed by atoms with Gasteiger partial charge in [-0.25, -0.2) is 14.8 Å². The smallest absolute Gasteiger partial charge is 0.335 e. The minimum absolute atomic E-state index is 0.0487. The number of carboxylic acid groups (broad SMARTS) is 1. The van der Waals surface area contributed by atoms with Crippen LogP contribution in [0.4, 0.5) is 11.9 Å². The number of aromatic nitrogens is 4. The van der Waals surface area contributed by atoms with Gasteiger partial charge in [-0.15, -0.1) is 0 Å². The van der Waals surface area contributed by atoms with Gasteiger partial charge in [-0.3, -0.25) is 9.69 Å². The summed E-state index contributed by atoms with van der Waals surface area (Å²) in [4.78, 5) is 34.4. The lowest BCUT2D eigenvalue weighted by molar-refractivity contribution is 0.0443. The van der Waals surface area contributed by atoms with Crippen LogP contribution >= 0.6 is 0 Å². The van der Waals surface area contributed by atoms with Crippen molar-refractivity contribution in [2.75, 3.05) is 58.0 Å². The molecule has 0 bridgehead atoms. The van der Waals surface area contributed by atoms with Crippen LogP contribution in [0.1, 0.15) is 20.7 Å². The number of methoxy groups -OCH3 is 1. The van der Waals surface area contributed by atoms with Crippen molar-refractivity contribution >= 4 is 45.8 Å². The van der Waals surface area contributed by atoms with E-state index in [1.54, 1.807) is 21.3 Å². The Bertz CT molecular complexity index is 1770. The summed E-state index contributed by atoms with van der Waals surface area (Å²) >= 11 is 0. The summed E-state index contributed by atoms with van der Waals surface area (Å²) in [5, 5.41) is 9.39. The number of amides is 1. The fourth-order valence-corrected chi connectivity index (χ4v) is 4.85. The fourth-order valence-electron chi connectivity index (χ4n) is 4.85. The lowest BCUT2D eigenvalue weighted by Gasteiger charge is -2.24. The van der Waals surface area contributed by atoms with Gasteiger partial charge in [0.05, 0.1) is 43.5 Å². The summed E-state index contributed by atoms with van der Waals surface area (Å²) in [6, 6.07) is 6.01. The molecule has 1 amide bonds. The number of allylic oxidation sites excluding steroid dienone is 2. The van der Waals surface area contributed by atoms with E-state index < -0.39 is 11.9 Å². The number of aromatic carboxylic acids is 1. The normalized spacial score (nSPS) is 13.8. The molecule has 7 N–H and O–H groups in total. The Morgan fingerprint density at radius 1 is 0.953 bits per heavy atom. The Morgan fingerprint density at radius 3 is 2.12 bits per heavy atom. The van der Waals surface area contributed by atoms with Crippen LogP contribution in [-0.4, -0.2) is 87.5 Å². The Labute approximate surface area is 246 Å². The van der Waals surface area contributed by atoms with E-state index >= 15 is 0 Å². The highest BCUT2D eigenvalue weighted by Crippen LogP contribution is 2.31. The second-order valence-corrected chi connectivity index (χ2v) is 9.72. The number of nitrogens with zero attached hydrogens (tertiary/aromatic N) is 5. The molecule has 0 radical (unpaired) electrons. The Morgan fingerprint density at radius 2 is 1.53 bits per heavy atom. The van der Waals surface area contributed by atoms with Crippen molar-refractivity contribution in [3.8, 4) is 23.3 Å². The Balaban J connectivity index is 1.36. The van der Waals surface area contributed by atoms with Crippen LogP contribution in [0.2, 0.25) is 0 Å². The SMILES string of the molecule is COc1cc(C(=O)O)cc2nc(N)n(C/C=C/Cn3c(N)nc4cc(C(N)=O)cc(OCC#CCN5CCOCC5)c43)c12. The number of anilines is 2. The topological polar surface area (TPSA) is 199 Å². The van der Waals surface area contributed by atoms with E-state index in [4.69, 9.17) is 31.4 Å². The number of fused-ring (bicyclic) bond motifs is 2. The molecule has 1 saturated heterocycles. The second kappa shape index (κ2) is 12.7. The maximum absolute atomic E-state index is 12.0. The van der Waals surface area contributed by atoms with E-state index in [0.717, 1.165) is 13.1 Å². The molecule has 0 spiro atoms. The van der Waals surface area contributed by atoms with Gasteiger partial charge in [0.25, 0.3) is 0 Å². The fraction of sp³-hybridized carbons (Fsp3) is 0.310. The quantitative estimate of drug-likeness (QED) is 0.154. The summed E-state index contributed by atoms with van der Waals surface area (Å²) in [7, 11) is 1.45. The van der Waals surface area contributed by atoms with Crippen molar-refractivity contribution in [2.45, 2.75) is 13.1 Å². The maximum Gasteiger partial charge on any atom is 0.335 e. The Kier molecular flexibility index (Phi) is 8.65. The lowest BCUT2D eigenvalue weighted by Crippen LogP contribution is -2.36. The highest BCUT2D eigenvalue weighted by molar-refractivity contribution is 5.99. The van der Waals surface area contributed by atoms with Gasteiger partial charge < -0.3 is 45.7 Å². The van der Waals surface area contributed by atoms with Gasteiger partial charge in [-0.2, -0.15) is 0 Å². The number of morpholine rings is 1. The molecular formula is C29H32N8O6. The number of hydrogen-bond donors (Lipinski definition) is 4. The predicted octanol–water partition coefficient (Wildman–Crippen LogP) is 1.33. The number of hydrogen-bond acceptors (Lipinski definition) is 10. The maximum atomic E-state index is 12.0. The monoisotopic (exact) mass is 588 g/mol. The molecule has 1 aliphatic rings. The molecule has 0 unspecified atom stereocenters. The Hall–Kier alpha value is -5.26. The molecule has 14 heteroatoms. The number of benzene rings is 2. The van der Waals surface area contributed by atoms with Crippen LogP contribution in [0.25, 0.3) is 22.1 Å². The summed E-state index contributed by atoms with van der Waals surface area (Å²) in [6.45, 7) is 4.44. The summed E-state index contributed by atoms with van der Waals surface area (Å²) in [5.74, 6) is 5.57. The van der Waals surface area contributed by atoms with Gasteiger partial charge in [-0.1, -0.05) is 24.0 Å². The van der Waals surface area contributed by atoms with Gasteiger partial charge in [0.1, 0.15) is 29.1 Å². The molecule has 1 aliphatic heterocycles. The number of carboxylic acids is 1. The van der Waals surface area contributed by atoms with Crippen LogP contribution in [0.3, 0.4) is 0 Å². The number of primary amides is 1. The largest absolute Gasteiger partial charge is 0.494 e. The van der Waals surface area contributed by atoms with E-state index in [1.807, 2.05) is 12.2 Å². The van der Waals surface area contributed by atoms with Crippen LogP contribution < -0.4 is 26.7 Å². The average molecular weight is 589 g/mol. The van der Waals surface area contributed by atoms with Gasteiger partial charge in [0.2, 0.25) is 17.8 Å². The summed E-state index contributed by atoms with van der Waals surface area (Å²) < 4.78 is 20.2. The third-order valence-electron chi connectivity index (χ3n) is 7.00. The van der Waals surface area contributed by atoms with Crippen molar-refractivity contribution in [3.63, 3.8) is 0 Å². The molecule has 4 aromatic rings. The second-order valence-electron chi connectivity index (χ2n) is 9.72. The van der Waals surface area contributed by atoms with Gasteiger partial charge in [0.15, 0.2) is 0 Å². The highest BCUT2D eigenvalue weighted by atomic mass is 16.5. The lowest BCUT2D eigenvalue weighted by atomic mass is 10.1. The zero-order valence-electron chi connectivity index (χ0n) is 23.6. The van der Waals surface area contributed by atoms with Crippen LogP contribution in [0.15, 0.2) is 36.4 Å². The average Bonchev–Trinajstić information content (AvgIpc) is 3.49. The molecule has 1 fully saturated rings. The van der Waals surface area contributed by atoms with Crippen molar-refractivity contribution in [3.05, 3.63) is 47.5 Å². The predicted molar refractivity (Wildman–Crippen MR) is 160 cm³/mol. The van der Waals surface area contributed by atoms with E-state index in [0.29, 0.717) is 66.4 Å². The molecule has 2 aromatic carbocycles. The number of nitrogen functional groups attached to an aromatic ring is 2. The number of imidazole rings is 2. The molecule has 2 aromatic heterocycles. The molecule has 0 atom stereocenters. The standard InChI is InChI=1S/C29H32N8O6/c1-41-22-17-19(27(39)40)15-21-24(22)36(28(31)34-21)7-2-3-8-37-25-20(33-29(37)32)14-18(26(30)38)16-23(25)43-11-5-4-6-35-9-12-42-13-10-35/h2-3,14-17H,6-13H2,1H3,(H2,30,38)(H2,31,34)(H2,32,33)(H,39,40)/b3-2+. The third kappa shape index (κ3) is 6.32. The summed E-state index contributed by atoms with van der Waals surface area (Å²) in [5.41, 5.74) is 20.3. The van der Waals surface area contributed by atoms with Crippen LogP contribution in [0, 0.1) is 11.8 Å². The number of rotatable bonds is 10. The third-order valence-corrected chi connectivity index (χ3v) is 7.00. The number of carbonyl (C=O) groups excluding carboxylic acids is 1. The first-order valence-corrected chi connectivity index (χ1v) is 13.5. The van der Waals surface area contributed by atoms with E-state index in [2.05, 4.69) is 26.7 Å². The summed E-state index contributed by atoms with van der Waals surface area (Å²) in [6.07, 6.45) is 3.73. The van der Waals surface area contributed by atoms with Gasteiger partial charge in [0, 0.05) is 31.7 Å².